The zero-order chi connectivity index (χ0) is 22.9. The van der Waals surface area contributed by atoms with E-state index in [1.165, 1.54) is 60.6 Å². The van der Waals surface area contributed by atoms with E-state index in [4.69, 9.17) is 4.74 Å². The van der Waals surface area contributed by atoms with Gasteiger partial charge in [-0.1, -0.05) is 0 Å². The average Bonchev–Trinajstić information content (AvgIpc) is 2.79. The number of anilines is 1. The smallest absolute Gasteiger partial charge is 0.339 e. The number of aromatic nitrogens is 4. The van der Waals surface area contributed by atoms with Crippen molar-refractivity contribution < 1.29 is 17.9 Å². The third kappa shape index (κ3) is 3.93. The Balaban J connectivity index is 1.72. The summed E-state index contributed by atoms with van der Waals surface area (Å²) in [5.74, 6) is -0.636. The zero-order valence-corrected chi connectivity index (χ0v) is 17.8. The van der Waals surface area contributed by atoms with Crippen LogP contribution in [-0.4, -0.2) is 41.0 Å². The van der Waals surface area contributed by atoms with Crippen molar-refractivity contribution in [2.45, 2.75) is 11.8 Å². The van der Waals surface area contributed by atoms with E-state index >= 15 is 0 Å². The van der Waals surface area contributed by atoms with Crippen LogP contribution in [0.4, 0.5) is 5.95 Å². The number of sulfonamides is 1. The number of hydrogen-bond acceptors (Lipinski definition) is 8. The van der Waals surface area contributed by atoms with Gasteiger partial charge in [-0.15, -0.1) is 0 Å². The lowest BCUT2D eigenvalue weighted by molar-refractivity contribution is 0.0599. The highest BCUT2D eigenvalue weighted by molar-refractivity contribution is 7.92. The number of carbonyl (C=O) groups is 1. The number of fused-ring (bicyclic) bond motifs is 1. The van der Waals surface area contributed by atoms with Crippen molar-refractivity contribution in [3.05, 3.63) is 82.7 Å². The number of pyridine rings is 2. The molecular formula is C21H17N5O5S. The van der Waals surface area contributed by atoms with Crippen LogP contribution in [0.5, 0.6) is 0 Å². The molecule has 162 valence electrons. The Bertz CT molecular complexity index is 1480. The third-order valence-electron chi connectivity index (χ3n) is 4.70. The number of rotatable bonds is 5. The van der Waals surface area contributed by atoms with Gasteiger partial charge in [-0.25, -0.2) is 27.9 Å². The van der Waals surface area contributed by atoms with E-state index in [0.717, 1.165) is 0 Å². The van der Waals surface area contributed by atoms with Crippen LogP contribution in [0.2, 0.25) is 0 Å². The van der Waals surface area contributed by atoms with E-state index in [9.17, 15) is 18.0 Å². The summed E-state index contributed by atoms with van der Waals surface area (Å²) in [6, 6.07) is 10.4. The summed E-state index contributed by atoms with van der Waals surface area (Å²) in [6.07, 6.45) is 4.37. The summed E-state index contributed by atoms with van der Waals surface area (Å²) in [5.41, 5.74) is 1.11. The van der Waals surface area contributed by atoms with Gasteiger partial charge in [-0.3, -0.25) is 14.3 Å². The number of carbonyl (C=O) groups excluding carboxylic acids is 1. The fraction of sp³-hybridized carbons (Fsp3) is 0.0952. The van der Waals surface area contributed by atoms with Crippen LogP contribution in [0, 0.1) is 6.92 Å². The molecule has 0 saturated carbocycles. The first-order valence-electron chi connectivity index (χ1n) is 9.32. The van der Waals surface area contributed by atoms with Gasteiger partial charge >= 0.3 is 5.97 Å². The van der Waals surface area contributed by atoms with Crippen LogP contribution in [0.3, 0.4) is 0 Å². The zero-order valence-electron chi connectivity index (χ0n) is 17.0. The maximum absolute atomic E-state index is 13.1. The molecule has 4 aromatic rings. The Morgan fingerprint density at radius 1 is 1.09 bits per heavy atom. The van der Waals surface area contributed by atoms with E-state index in [2.05, 4.69) is 19.7 Å². The standard InChI is InChI=1S/C21H17N5O5S/c1-13-16(20(28)31-2)12-17-18(24-13)8-11-26(19(17)27)14-4-6-15(7-5-14)32(29,30)25-21-22-9-3-10-23-21/h3-12H,1-2H3,(H,22,23,25). The van der Waals surface area contributed by atoms with E-state index in [1.807, 2.05) is 0 Å². The van der Waals surface area contributed by atoms with Gasteiger partial charge < -0.3 is 4.74 Å². The molecule has 3 aromatic heterocycles. The highest BCUT2D eigenvalue weighted by Crippen LogP contribution is 2.18. The fourth-order valence-corrected chi connectivity index (χ4v) is 4.06. The minimum absolute atomic E-state index is 0.0205. The Morgan fingerprint density at radius 3 is 2.44 bits per heavy atom. The van der Waals surface area contributed by atoms with Crippen molar-refractivity contribution in [3.8, 4) is 5.69 Å². The number of nitrogens with one attached hydrogen (secondary N) is 1. The third-order valence-corrected chi connectivity index (χ3v) is 6.04. The lowest BCUT2D eigenvalue weighted by atomic mass is 10.1. The topological polar surface area (TPSA) is 133 Å². The lowest BCUT2D eigenvalue weighted by Gasteiger charge is -2.11. The molecule has 3 heterocycles. The number of nitrogens with zero attached hydrogens (tertiary/aromatic N) is 4. The first-order valence-corrected chi connectivity index (χ1v) is 10.8. The van der Waals surface area contributed by atoms with Gasteiger partial charge in [0.05, 0.1) is 34.2 Å². The molecule has 1 N–H and O–H groups in total. The molecule has 0 saturated heterocycles. The molecule has 0 fully saturated rings. The van der Waals surface area contributed by atoms with Gasteiger partial charge in [0.1, 0.15) is 0 Å². The summed E-state index contributed by atoms with van der Waals surface area (Å²) < 4.78 is 33.5. The van der Waals surface area contributed by atoms with E-state index in [1.54, 1.807) is 19.1 Å². The van der Waals surface area contributed by atoms with Crippen LogP contribution < -0.4 is 10.3 Å². The van der Waals surface area contributed by atoms with Crippen molar-refractivity contribution in [2.24, 2.45) is 0 Å². The van der Waals surface area contributed by atoms with Crippen molar-refractivity contribution in [1.82, 2.24) is 19.5 Å². The van der Waals surface area contributed by atoms with Crippen LogP contribution in [-0.2, 0) is 14.8 Å². The first-order chi connectivity index (χ1) is 15.3. The Labute approximate surface area is 182 Å². The predicted molar refractivity (Wildman–Crippen MR) is 116 cm³/mol. The molecule has 32 heavy (non-hydrogen) atoms. The number of benzene rings is 1. The lowest BCUT2D eigenvalue weighted by Crippen LogP contribution is -2.19. The molecule has 0 aliphatic carbocycles. The van der Waals surface area contributed by atoms with E-state index in [-0.39, 0.29) is 21.8 Å². The molecule has 0 unspecified atom stereocenters. The molecule has 4 rings (SSSR count). The summed E-state index contributed by atoms with van der Waals surface area (Å²) in [7, 11) is -2.65. The van der Waals surface area contributed by atoms with Crippen molar-refractivity contribution in [1.29, 1.82) is 0 Å². The minimum atomic E-state index is -3.90. The average molecular weight is 451 g/mol. The second-order valence-electron chi connectivity index (χ2n) is 6.71. The van der Waals surface area contributed by atoms with Gasteiger partial charge in [0, 0.05) is 24.3 Å². The van der Waals surface area contributed by atoms with Gasteiger partial charge in [0.25, 0.3) is 15.6 Å². The molecule has 0 bridgehead atoms. The maximum Gasteiger partial charge on any atom is 0.339 e. The summed E-state index contributed by atoms with van der Waals surface area (Å²) in [4.78, 5) is 37.0. The molecule has 10 nitrogen and oxygen atoms in total. The van der Waals surface area contributed by atoms with Gasteiger partial charge in [0.2, 0.25) is 5.95 Å². The summed E-state index contributed by atoms with van der Waals surface area (Å²) in [6.45, 7) is 1.66. The minimum Gasteiger partial charge on any atom is -0.465 e. The second kappa shape index (κ2) is 8.19. The second-order valence-corrected chi connectivity index (χ2v) is 8.39. The van der Waals surface area contributed by atoms with Crippen LogP contribution in [0.15, 0.2) is 70.7 Å². The van der Waals surface area contributed by atoms with E-state index < -0.39 is 21.6 Å². The normalized spacial score (nSPS) is 11.3. The van der Waals surface area contributed by atoms with Crippen molar-refractivity contribution >= 4 is 32.8 Å². The molecule has 0 amide bonds. The van der Waals surface area contributed by atoms with Crippen molar-refractivity contribution in [3.63, 3.8) is 0 Å². The van der Waals surface area contributed by atoms with Crippen LogP contribution in [0.25, 0.3) is 16.6 Å². The highest BCUT2D eigenvalue weighted by atomic mass is 32.2. The number of aryl methyl sites for hydroxylation is 1. The SMILES string of the molecule is COC(=O)c1cc2c(=O)n(-c3ccc(S(=O)(=O)Nc4ncccn4)cc3)ccc2nc1C. The first kappa shape index (κ1) is 21.1. The number of ether oxygens (including phenoxy) is 1. The molecular weight excluding hydrogens is 434 g/mol. The molecule has 0 radical (unpaired) electrons. The highest BCUT2D eigenvalue weighted by Gasteiger charge is 2.17. The molecule has 0 aliphatic rings. The number of esters is 1. The quantitative estimate of drug-likeness (QED) is 0.456. The van der Waals surface area contributed by atoms with Gasteiger partial charge in [-0.05, 0) is 49.4 Å². The number of methoxy groups -OCH3 is 1. The number of hydrogen-bond donors (Lipinski definition) is 1. The monoisotopic (exact) mass is 451 g/mol. The molecule has 1 aromatic carbocycles. The Kier molecular flexibility index (Phi) is 5.41. The van der Waals surface area contributed by atoms with Gasteiger partial charge in [0.15, 0.2) is 0 Å². The summed E-state index contributed by atoms with van der Waals surface area (Å²) >= 11 is 0. The maximum atomic E-state index is 13.1. The molecule has 0 aliphatic heterocycles. The van der Waals surface area contributed by atoms with Crippen LogP contribution >= 0.6 is 0 Å². The molecule has 0 atom stereocenters. The summed E-state index contributed by atoms with van der Waals surface area (Å²) in [5, 5.41) is 0.234. The van der Waals surface area contributed by atoms with E-state index in [0.29, 0.717) is 16.9 Å². The Morgan fingerprint density at radius 2 is 1.78 bits per heavy atom. The van der Waals surface area contributed by atoms with Crippen LogP contribution in [0.1, 0.15) is 16.1 Å². The Hall–Kier alpha value is -4.12. The molecule has 0 spiro atoms. The largest absolute Gasteiger partial charge is 0.465 e. The van der Waals surface area contributed by atoms with Gasteiger partial charge in [-0.2, -0.15) is 0 Å². The predicted octanol–water partition coefficient (Wildman–Crippen LogP) is 2.07. The fourth-order valence-electron chi connectivity index (χ4n) is 3.10. The molecule has 11 heteroatoms. The van der Waals surface area contributed by atoms with Crippen molar-refractivity contribution in [2.75, 3.05) is 11.8 Å².